The second kappa shape index (κ2) is 10.3. The van der Waals surface area contributed by atoms with Gasteiger partial charge in [0, 0.05) is 24.8 Å². The van der Waals surface area contributed by atoms with Crippen molar-refractivity contribution in [3.63, 3.8) is 0 Å². The normalized spacial score (nSPS) is 11.7. The van der Waals surface area contributed by atoms with Gasteiger partial charge in [0.1, 0.15) is 6.73 Å². The monoisotopic (exact) mass is 460 g/mol. The number of aliphatic hydroxyl groups excluding tert-OH is 1. The van der Waals surface area contributed by atoms with Crippen molar-refractivity contribution in [2.75, 3.05) is 24.8 Å². The number of aromatic nitrogens is 1. The van der Waals surface area contributed by atoms with Crippen LogP contribution >= 0.6 is 0 Å². The molecule has 0 unspecified atom stereocenters. The van der Waals surface area contributed by atoms with Gasteiger partial charge in [-0.1, -0.05) is 41.6 Å². The van der Waals surface area contributed by atoms with Gasteiger partial charge in [-0.2, -0.15) is 0 Å². The second-order valence-corrected chi connectivity index (χ2v) is 9.08. The summed E-state index contributed by atoms with van der Waals surface area (Å²) in [4.78, 5) is 0.0972. The highest BCUT2D eigenvalue weighted by atomic mass is 32.2. The number of methoxy groups -OCH3 is 1. The Balaban J connectivity index is 2.18. The summed E-state index contributed by atoms with van der Waals surface area (Å²) in [5.74, 6) is 0.115. The topological polar surface area (TPSA) is 102 Å². The van der Waals surface area contributed by atoms with Crippen molar-refractivity contribution in [3.05, 3.63) is 64.8 Å². The number of aryl methyl sites for hydroxylation is 1. The lowest BCUT2D eigenvalue weighted by Gasteiger charge is -2.23. The minimum absolute atomic E-state index is 0.0972. The Morgan fingerprint density at radius 3 is 2.50 bits per heavy atom. The van der Waals surface area contributed by atoms with Crippen LogP contribution in [0.3, 0.4) is 0 Å². The molecular formula is C23H28N2O6S. The molecule has 0 saturated carbocycles. The van der Waals surface area contributed by atoms with Gasteiger partial charge >= 0.3 is 0 Å². The number of hydrogen-bond donors (Lipinski definition) is 1. The van der Waals surface area contributed by atoms with Crippen LogP contribution in [-0.4, -0.2) is 39.1 Å². The van der Waals surface area contributed by atoms with E-state index in [2.05, 4.69) is 5.16 Å². The van der Waals surface area contributed by atoms with E-state index in [0.717, 1.165) is 15.4 Å². The van der Waals surface area contributed by atoms with Crippen LogP contribution in [0.15, 0.2) is 51.9 Å². The van der Waals surface area contributed by atoms with E-state index in [0.29, 0.717) is 29.0 Å². The largest absolute Gasteiger partial charge is 0.392 e. The van der Waals surface area contributed by atoms with Crippen molar-refractivity contribution < 1.29 is 27.5 Å². The van der Waals surface area contributed by atoms with Gasteiger partial charge in [-0.25, -0.2) is 12.7 Å². The lowest BCUT2D eigenvalue weighted by molar-refractivity contribution is 0.134. The molecule has 0 aliphatic rings. The van der Waals surface area contributed by atoms with Gasteiger partial charge in [0.25, 0.3) is 10.0 Å². The van der Waals surface area contributed by atoms with E-state index >= 15 is 0 Å². The van der Waals surface area contributed by atoms with Gasteiger partial charge in [0.05, 0.1) is 23.8 Å². The van der Waals surface area contributed by atoms with Crippen molar-refractivity contribution in [1.29, 1.82) is 0 Å². The summed E-state index contributed by atoms with van der Waals surface area (Å²) in [6, 6.07) is 12.2. The summed E-state index contributed by atoms with van der Waals surface area (Å²) >= 11 is 0. The Kier molecular flexibility index (Phi) is 7.68. The predicted molar refractivity (Wildman–Crippen MR) is 121 cm³/mol. The molecule has 9 heteroatoms. The van der Waals surface area contributed by atoms with E-state index in [1.807, 2.05) is 13.0 Å². The zero-order valence-corrected chi connectivity index (χ0v) is 19.5. The highest BCUT2D eigenvalue weighted by molar-refractivity contribution is 7.93. The average molecular weight is 461 g/mol. The molecule has 172 valence electrons. The van der Waals surface area contributed by atoms with Crippen molar-refractivity contribution in [2.24, 2.45) is 0 Å². The van der Waals surface area contributed by atoms with Crippen LogP contribution in [0.1, 0.15) is 29.3 Å². The molecule has 32 heavy (non-hydrogen) atoms. The molecule has 0 fully saturated rings. The summed E-state index contributed by atoms with van der Waals surface area (Å²) < 4.78 is 44.8. The quantitative estimate of drug-likeness (QED) is 0.459. The number of anilines is 1. The van der Waals surface area contributed by atoms with Crippen molar-refractivity contribution in [2.45, 2.75) is 38.9 Å². The Morgan fingerprint density at radius 2 is 1.88 bits per heavy atom. The van der Waals surface area contributed by atoms with E-state index in [1.54, 1.807) is 50.2 Å². The first-order valence-electron chi connectivity index (χ1n) is 10.2. The zero-order chi connectivity index (χ0) is 23.3. The molecule has 0 amide bonds. The SMILES string of the molecule is CCOCc1cc(CO)ccc1-c1ccccc1S(=O)(=O)N(COC)c1onc(C)c1C. The standard InChI is InChI=1S/C23H28N2O6S/c1-5-30-14-19-12-18(13-26)10-11-20(19)21-8-6-7-9-22(21)32(27,28)25(15-29-4)23-16(2)17(3)24-31-23/h6-12,26H,5,13-15H2,1-4H3. The summed E-state index contributed by atoms with van der Waals surface area (Å²) in [6.07, 6.45) is 0. The van der Waals surface area contributed by atoms with Gasteiger partial charge in [0.2, 0.25) is 5.88 Å². The van der Waals surface area contributed by atoms with Crippen LogP contribution in [0.25, 0.3) is 11.1 Å². The number of rotatable bonds is 10. The Hall–Kier alpha value is -2.72. The molecule has 1 aromatic heterocycles. The molecule has 0 saturated heterocycles. The molecule has 1 heterocycles. The Morgan fingerprint density at radius 1 is 1.12 bits per heavy atom. The molecular weight excluding hydrogens is 432 g/mol. The number of ether oxygens (including phenoxy) is 2. The van der Waals surface area contributed by atoms with Crippen LogP contribution in [0, 0.1) is 13.8 Å². The van der Waals surface area contributed by atoms with Crippen LogP contribution in [-0.2, 0) is 32.7 Å². The van der Waals surface area contributed by atoms with Gasteiger partial charge in [0.15, 0.2) is 0 Å². The number of aliphatic hydroxyl groups is 1. The maximum Gasteiger partial charge on any atom is 0.269 e. The van der Waals surface area contributed by atoms with Crippen LogP contribution < -0.4 is 4.31 Å². The Labute approximate surface area is 188 Å². The van der Waals surface area contributed by atoms with E-state index in [-0.39, 0.29) is 30.7 Å². The molecule has 0 aliphatic heterocycles. The summed E-state index contributed by atoms with van der Waals surface area (Å²) in [5, 5.41) is 13.4. The highest BCUT2D eigenvalue weighted by Gasteiger charge is 2.32. The average Bonchev–Trinajstić information content (AvgIpc) is 3.13. The van der Waals surface area contributed by atoms with E-state index in [1.165, 1.54) is 7.11 Å². The summed E-state index contributed by atoms with van der Waals surface area (Å²) in [6.45, 7) is 5.82. The predicted octanol–water partition coefficient (Wildman–Crippen LogP) is 3.79. The lowest BCUT2D eigenvalue weighted by Crippen LogP contribution is -2.33. The van der Waals surface area contributed by atoms with Crippen LogP contribution in [0.2, 0.25) is 0 Å². The van der Waals surface area contributed by atoms with Gasteiger partial charge in [-0.3, -0.25) is 0 Å². The third-order valence-corrected chi connectivity index (χ3v) is 6.93. The Bertz CT molecular complexity index is 1170. The third-order valence-electron chi connectivity index (χ3n) is 5.16. The molecule has 3 rings (SSSR count). The second-order valence-electron chi connectivity index (χ2n) is 7.25. The lowest BCUT2D eigenvalue weighted by atomic mass is 9.98. The van der Waals surface area contributed by atoms with Crippen molar-refractivity contribution in [1.82, 2.24) is 5.16 Å². The zero-order valence-electron chi connectivity index (χ0n) is 18.7. The van der Waals surface area contributed by atoms with Crippen molar-refractivity contribution >= 4 is 15.9 Å². The molecule has 1 N–H and O–H groups in total. The first-order chi connectivity index (χ1) is 15.3. The fraction of sp³-hybridized carbons (Fsp3) is 0.348. The third kappa shape index (κ3) is 4.71. The molecule has 0 bridgehead atoms. The molecule has 0 aliphatic carbocycles. The first kappa shape index (κ1) is 23.9. The van der Waals surface area contributed by atoms with Crippen LogP contribution in [0.5, 0.6) is 0 Å². The summed E-state index contributed by atoms with van der Waals surface area (Å²) in [5.41, 5.74) is 3.94. The van der Waals surface area contributed by atoms with Gasteiger partial charge < -0.3 is 19.1 Å². The van der Waals surface area contributed by atoms with E-state index < -0.39 is 10.0 Å². The van der Waals surface area contributed by atoms with E-state index in [4.69, 9.17) is 14.0 Å². The number of sulfonamides is 1. The molecule has 0 spiro atoms. The minimum Gasteiger partial charge on any atom is -0.392 e. The number of benzene rings is 2. The fourth-order valence-electron chi connectivity index (χ4n) is 3.36. The maximum atomic E-state index is 13.8. The molecule has 3 aromatic rings. The number of hydrogen-bond acceptors (Lipinski definition) is 7. The van der Waals surface area contributed by atoms with Gasteiger partial charge in [-0.05, 0) is 43.5 Å². The molecule has 8 nitrogen and oxygen atoms in total. The highest BCUT2D eigenvalue weighted by Crippen LogP contribution is 2.35. The summed E-state index contributed by atoms with van der Waals surface area (Å²) in [7, 11) is -2.66. The maximum absolute atomic E-state index is 13.8. The van der Waals surface area contributed by atoms with Crippen LogP contribution in [0.4, 0.5) is 5.88 Å². The first-order valence-corrected chi connectivity index (χ1v) is 11.6. The fourth-order valence-corrected chi connectivity index (χ4v) is 4.94. The molecule has 2 aromatic carbocycles. The van der Waals surface area contributed by atoms with E-state index in [9.17, 15) is 13.5 Å². The van der Waals surface area contributed by atoms with Crippen molar-refractivity contribution in [3.8, 4) is 11.1 Å². The molecule has 0 atom stereocenters. The molecule has 0 radical (unpaired) electrons. The smallest absolute Gasteiger partial charge is 0.269 e. The minimum atomic E-state index is -4.07. The van der Waals surface area contributed by atoms with Gasteiger partial charge in [-0.15, -0.1) is 0 Å². The number of nitrogens with zero attached hydrogens (tertiary/aromatic N) is 2.